The van der Waals surface area contributed by atoms with Crippen molar-refractivity contribution in [3.8, 4) is 11.4 Å². The molecule has 1 aromatic heterocycles. The molecule has 2 aromatic carbocycles. The van der Waals surface area contributed by atoms with Gasteiger partial charge >= 0.3 is 0 Å². The monoisotopic (exact) mass is 410 g/mol. The van der Waals surface area contributed by atoms with E-state index in [1.807, 2.05) is 49.4 Å². The van der Waals surface area contributed by atoms with Crippen molar-refractivity contribution in [2.24, 2.45) is 5.16 Å². The zero-order valence-corrected chi connectivity index (χ0v) is 16.7. The maximum Gasteiger partial charge on any atom is 0.269 e. The van der Waals surface area contributed by atoms with E-state index < -0.39 is 6.10 Å². The molecule has 8 heteroatoms. The molecule has 0 saturated carbocycles. The van der Waals surface area contributed by atoms with Crippen LogP contribution in [0.25, 0.3) is 5.69 Å². The van der Waals surface area contributed by atoms with E-state index >= 15 is 0 Å². The molecular formula is C21H19ClN4O3. The Bertz CT molecular complexity index is 1080. The van der Waals surface area contributed by atoms with Crippen molar-refractivity contribution < 1.29 is 14.4 Å². The Balaban J connectivity index is 1.49. The van der Waals surface area contributed by atoms with Crippen LogP contribution in [0, 0.1) is 6.92 Å². The minimum Gasteiger partial charge on any atom is -0.497 e. The third kappa shape index (κ3) is 3.95. The molecule has 148 valence electrons. The van der Waals surface area contributed by atoms with Crippen molar-refractivity contribution in [3.63, 3.8) is 0 Å². The van der Waals surface area contributed by atoms with Crippen LogP contribution < -0.4 is 10.1 Å². The first kappa shape index (κ1) is 19.0. The summed E-state index contributed by atoms with van der Waals surface area (Å²) in [7, 11) is 1.61. The SMILES string of the molecule is COc1ccc(-n2nc(C)cc2NC(=O)[C@H]2CC(c3ccccc3Cl)=NO2)cc1. The van der Waals surface area contributed by atoms with Crippen LogP contribution in [0.15, 0.2) is 59.8 Å². The second kappa shape index (κ2) is 7.97. The topological polar surface area (TPSA) is 77.7 Å². The van der Waals surface area contributed by atoms with Gasteiger partial charge in [-0.25, -0.2) is 4.68 Å². The number of ether oxygens (including phenoxy) is 1. The van der Waals surface area contributed by atoms with Gasteiger partial charge in [-0.05, 0) is 37.3 Å². The third-order valence-corrected chi connectivity index (χ3v) is 4.88. The van der Waals surface area contributed by atoms with Gasteiger partial charge in [-0.2, -0.15) is 5.10 Å². The van der Waals surface area contributed by atoms with Crippen LogP contribution in [0.2, 0.25) is 5.02 Å². The number of aromatic nitrogens is 2. The molecule has 4 rings (SSSR count). The Hall–Kier alpha value is -3.32. The molecule has 0 fully saturated rings. The highest BCUT2D eigenvalue weighted by Crippen LogP contribution is 2.25. The van der Waals surface area contributed by atoms with Gasteiger partial charge in [-0.3, -0.25) is 4.79 Å². The van der Waals surface area contributed by atoms with Crippen molar-refractivity contribution in [3.05, 3.63) is 70.9 Å². The molecule has 1 aliphatic rings. The number of benzene rings is 2. The normalized spacial score (nSPS) is 15.6. The van der Waals surface area contributed by atoms with Crippen molar-refractivity contribution >= 4 is 29.0 Å². The number of aryl methyl sites for hydroxylation is 1. The van der Waals surface area contributed by atoms with Gasteiger partial charge in [-0.15, -0.1) is 0 Å². The first-order valence-corrected chi connectivity index (χ1v) is 9.42. The van der Waals surface area contributed by atoms with Crippen LogP contribution in [0.5, 0.6) is 5.75 Å². The van der Waals surface area contributed by atoms with Crippen molar-refractivity contribution in [1.82, 2.24) is 9.78 Å². The molecule has 7 nitrogen and oxygen atoms in total. The summed E-state index contributed by atoms with van der Waals surface area (Å²) in [6.07, 6.45) is -0.397. The number of nitrogens with one attached hydrogen (secondary N) is 1. The predicted octanol–water partition coefficient (Wildman–Crippen LogP) is 3.97. The lowest BCUT2D eigenvalue weighted by atomic mass is 10.0. The second-order valence-electron chi connectivity index (χ2n) is 6.59. The third-order valence-electron chi connectivity index (χ3n) is 4.55. The molecular weight excluding hydrogens is 392 g/mol. The summed E-state index contributed by atoms with van der Waals surface area (Å²) in [5, 5.41) is 12.0. The number of amides is 1. The smallest absolute Gasteiger partial charge is 0.269 e. The van der Waals surface area contributed by atoms with Gasteiger partial charge in [0.2, 0.25) is 6.10 Å². The Kier molecular flexibility index (Phi) is 5.22. The van der Waals surface area contributed by atoms with Crippen LogP contribution in [0.3, 0.4) is 0 Å². The molecule has 0 bridgehead atoms. The van der Waals surface area contributed by atoms with E-state index in [0.29, 0.717) is 23.0 Å². The van der Waals surface area contributed by atoms with Crippen molar-refractivity contribution in [1.29, 1.82) is 0 Å². The van der Waals surface area contributed by atoms with E-state index in [-0.39, 0.29) is 5.91 Å². The molecule has 0 spiro atoms. The molecule has 1 aliphatic heterocycles. The van der Waals surface area contributed by atoms with Gasteiger partial charge in [0.1, 0.15) is 11.6 Å². The summed E-state index contributed by atoms with van der Waals surface area (Å²) in [5.41, 5.74) is 2.99. The lowest BCUT2D eigenvalue weighted by Crippen LogP contribution is -2.29. The summed E-state index contributed by atoms with van der Waals surface area (Å²) in [6.45, 7) is 1.86. The highest BCUT2D eigenvalue weighted by Gasteiger charge is 2.30. The quantitative estimate of drug-likeness (QED) is 0.690. The number of hydrogen-bond donors (Lipinski definition) is 1. The van der Waals surface area contributed by atoms with E-state index in [4.69, 9.17) is 21.2 Å². The van der Waals surface area contributed by atoms with Crippen LogP contribution in [-0.2, 0) is 9.63 Å². The summed E-state index contributed by atoms with van der Waals surface area (Å²) in [5.74, 6) is 0.991. The largest absolute Gasteiger partial charge is 0.497 e. The summed E-state index contributed by atoms with van der Waals surface area (Å²) in [6, 6.07) is 16.5. The van der Waals surface area contributed by atoms with Crippen LogP contribution in [0.4, 0.5) is 5.82 Å². The molecule has 1 amide bonds. The molecule has 0 unspecified atom stereocenters. The molecule has 1 N–H and O–H groups in total. The molecule has 0 saturated heterocycles. The Labute approximate surface area is 172 Å². The molecule has 0 aliphatic carbocycles. The maximum absolute atomic E-state index is 12.8. The average molecular weight is 411 g/mol. The van der Waals surface area contributed by atoms with Crippen LogP contribution in [-0.4, -0.2) is 34.6 Å². The fourth-order valence-corrected chi connectivity index (χ4v) is 3.33. The average Bonchev–Trinajstić information content (AvgIpc) is 3.35. The van der Waals surface area contributed by atoms with Crippen molar-refractivity contribution in [2.45, 2.75) is 19.4 Å². The van der Waals surface area contributed by atoms with E-state index in [9.17, 15) is 4.79 Å². The van der Waals surface area contributed by atoms with E-state index in [1.165, 1.54) is 0 Å². The Morgan fingerprint density at radius 2 is 2.00 bits per heavy atom. The number of nitrogens with zero attached hydrogens (tertiary/aromatic N) is 3. The minimum absolute atomic E-state index is 0.300. The summed E-state index contributed by atoms with van der Waals surface area (Å²) < 4.78 is 6.85. The highest BCUT2D eigenvalue weighted by atomic mass is 35.5. The fourth-order valence-electron chi connectivity index (χ4n) is 3.09. The zero-order valence-electron chi connectivity index (χ0n) is 15.9. The Morgan fingerprint density at radius 3 is 2.72 bits per heavy atom. The number of methoxy groups -OCH3 is 1. The highest BCUT2D eigenvalue weighted by molar-refractivity contribution is 6.34. The van der Waals surface area contributed by atoms with Gasteiger partial charge in [0.15, 0.2) is 0 Å². The number of rotatable bonds is 5. The molecule has 1 atom stereocenters. The first-order chi connectivity index (χ1) is 14.0. The molecule has 3 aromatic rings. The predicted molar refractivity (Wildman–Crippen MR) is 111 cm³/mol. The lowest BCUT2D eigenvalue weighted by molar-refractivity contribution is -0.125. The zero-order chi connectivity index (χ0) is 20.4. The van der Waals surface area contributed by atoms with E-state index in [2.05, 4.69) is 15.6 Å². The standard InChI is InChI=1S/C21H19ClN4O3/c1-13-11-20(26(24-13)14-7-9-15(28-2)10-8-14)23-21(27)19-12-18(25-29-19)16-5-3-4-6-17(16)22/h3-11,19H,12H2,1-2H3,(H,23,27)/t19-/m1/s1. The van der Waals surface area contributed by atoms with Gasteiger partial charge in [0, 0.05) is 23.1 Å². The van der Waals surface area contributed by atoms with E-state index in [1.54, 1.807) is 23.9 Å². The minimum atomic E-state index is -0.735. The van der Waals surface area contributed by atoms with E-state index in [0.717, 1.165) is 22.7 Å². The molecule has 29 heavy (non-hydrogen) atoms. The number of anilines is 1. The number of halogens is 1. The fraction of sp³-hybridized carbons (Fsp3) is 0.190. The molecule has 2 heterocycles. The Morgan fingerprint density at radius 1 is 1.24 bits per heavy atom. The van der Waals surface area contributed by atoms with Crippen LogP contribution >= 0.6 is 11.6 Å². The number of oxime groups is 1. The first-order valence-electron chi connectivity index (χ1n) is 9.04. The number of hydrogen-bond acceptors (Lipinski definition) is 5. The number of carbonyl (C=O) groups is 1. The second-order valence-corrected chi connectivity index (χ2v) is 6.99. The van der Waals surface area contributed by atoms with Crippen molar-refractivity contribution in [2.75, 3.05) is 12.4 Å². The lowest BCUT2D eigenvalue weighted by Gasteiger charge is -2.12. The summed E-state index contributed by atoms with van der Waals surface area (Å²) in [4.78, 5) is 18.1. The maximum atomic E-state index is 12.8. The molecule has 0 radical (unpaired) electrons. The van der Waals surface area contributed by atoms with Gasteiger partial charge in [-0.1, -0.05) is 35.0 Å². The number of carbonyl (C=O) groups excluding carboxylic acids is 1. The summed E-state index contributed by atoms with van der Waals surface area (Å²) >= 11 is 6.22. The van der Waals surface area contributed by atoms with Crippen LogP contribution in [0.1, 0.15) is 17.7 Å². The van der Waals surface area contributed by atoms with Gasteiger partial charge in [0.25, 0.3) is 5.91 Å². The van der Waals surface area contributed by atoms with Gasteiger partial charge < -0.3 is 14.9 Å². The van der Waals surface area contributed by atoms with Gasteiger partial charge in [0.05, 0.1) is 24.2 Å².